The van der Waals surface area contributed by atoms with Crippen LogP contribution in [0.1, 0.15) is 94.5 Å². The first-order valence-electron chi connectivity index (χ1n) is 35.2. The third-order valence-electron chi connectivity index (χ3n) is 24.1. The molecule has 6 aliphatic rings. The number of anilines is 3. The lowest BCUT2D eigenvalue weighted by atomic mass is 9.68. The van der Waals surface area contributed by atoms with Crippen molar-refractivity contribution in [3.8, 4) is 89.5 Å². The van der Waals surface area contributed by atoms with Gasteiger partial charge in [-0.2, -0.15) is 9.97 Å². The summed E-state index contributed by atoms with van der Waals surface area (Å²) in [6.45, 7) is 9.70. The van der Waals surface area contributed by atoms with Crippen LogP contribution in [0.15, 0.2) is 300 Å². The minimum Gasteiger partial charge on any atom is -0.456 e. The minimum absolute atomic E-state index is 0.311. The first-order chi connectivity index (χ1) is 49.6. The van der Waals surface area contributed by atoms with Gasteiger partial charge in [0.05, 0.1) is 10.8 Å². The molecule has 3 heterocycles. The van der Waals surface area contributed by atoms with Crippen LogP contribution in [0.4, 0.5) is 17.3 Å². The van der Waals surface area contributed by atoms with E-state index in [0.29, 0.717) is 17.6 Å². The van der Waals surface area contributed by atoms with Crippen LogP contribution in [0.5, 0.6) is 0 Å². The molecule has 0 fully saturated rings. The summed E-state index contributed by atoms with van der Waals surface area (Å²) < 4.78 is 14.1. The summed E-state index contributed by atoms with van der Waals surface area (Å²) in [5.74, 6) is 1.67. The number of para-hydroxylation sites is 2. The zero-order valence-electron chi connectivity index (χ0n) is 55.8. The van der Waals surface area contributed by atoms with Crippen LogP contribution in [-0.2, 0) is 21.7 Å². The molecule has 3 aromatic heterocycles. The fraction of sp³-hybridized carbons (Fsp3) is 0.0842. The van der Waals surface area contributed by atoms with Crippen molar-refractivity contribution in [2.75, 3.05) is 4.90 Å². The van der Waals surface area contributed by atoms with E-state index < -0.39 is 16.2 Å². The fourth-order valence-corrected chi connectivity index (χ4v) is 20.1. The number of rotatable bonds is 5. The lowest BCUT2D eigenvalue weighted by Crippen LogP contribution is -2.27. The van der Waals surface area contributed by atoms with E-state index in [2.05, 4.69) is 312 Å². The largest absolute Gasteiger partial charge is 0.456 e. The maximum absolute atomic E-state index is 7.24. The van der Waals surface area contributed by atoms with Crippen LogP contribution in [-0.4, -0.2) is 15.0 Å². The Morgan fingerprint density at radius 1 is 0.277 bits per heavy atom. The molecule has 0 radical (unpaired) electrons. The first kappa shape index (κ1) is 55.5. The van der Waals surface area contributed by atoms with Gasteiger partial charge >= 0.3 is 0 Å². The number of benzene rings is 14. The van der Waals surface area contributed by atoms with Crippen LogP contribution in [0.3, 0.4) is 0 Å². The van der Waals surface area contributed by atoms with Gasteiger partial charge in [-0.15, -0.1) is 0 Å². The molecular formula is C95H60N4O2. The highest BCUT2D eigenvalue weighted by Gasteiger charge is 2.57. The van der Waals surface area contributed by atoms with Crippen molar-refractivity contribution in [3.05, 3.63) is 358 Å². The number of nitrogens with zero attached hydrogens (tertiary/aromatic N) is 4. The van der Waals surface area contributed by atoms with Gasteiger partial charge in [-0.05, 0) is 183 Å². The van der Waals surface area contributed by atoms with Gasteiger partial charge in [-0.3, -0.25) is 4.90 Å². The highest BCUT2D eigenvalue weighted by atomic mass is 16.3. The van der Waals surface area contributed by atoms with Crippen molar-refractivity contribution in [2.45, 2.75) is 49.4 Å². The SMILES string of the molecule is CC1(C)c2cc(N(c3ccc4c(c3)C3(c5ccccc5-c5ccccc53)c3cc5c(cc3-4)C3(c4ccccc4-c4ccccc43)c3ccc4oc6ccccc6c4c3-5)c3nc(-c4ccccc4)nc(-c4ccccc4)n3)ccc2-c2c1c1c(c3c2oc2ccccc23)-c2ccccc2C1(C)C. The van der Waals surface area contributed by atoms with E-state index in [-0.39, 0.29) is 5.41 Å². The topological polar surface area (TPSA) is 68.2 Å². The molecule has 101 heavy (non-hydrogen) atoms. The van der Waals surface area contributed by atoms with Gasteiger partial charge in [0.25, 0.3) is 0 Å². The molecule has 0 atom stereocenters. The summed E-state index contributed by atoms with van der Waals surface area (Å²) >= 11 is 0. The lowest BCUT2D eigenvalue weighted by molar-refractivity contribution is 0.600. The van der Waals surface area contributed by atoms with Gasteiger partial charge in [0.2, 0.25) is 5.95 Å². The highest BCUT2D eigenvalue weighted by Crippen LogP contribution is 2.70. The smallest absolute Gasteiger partial charge is 0.238 e. The zero-order valence-corrected chi connectivity index (χ0v) is 55.8. The summed E-state index contributed by atoms with van der Waals surface area (Å²) in [5.41, 5.74) is 35.1. The molecule has 14 aromatic carbocycles. The van der Waals surface area contributed by atoms with Crippen molar-refractivity contribution in [1.82, 2.24) is 15.0 Å². The summed E-state index contributed by atoms with van der Waals surface area (Å²) in [4.78, 5) is 19.0. The summed E-state index contributed by atoms with van der Waals surface area (Å²) in [7, 11) is 0. The van der Waals surface area contributed by atoms with E-state index in [1.54, 1.807) is 0 Å². The number of aromatic nitrogens is 3. The fourth-order valence-electron chi connectivity index (χ4n) is 20.1. The Kier molecular flexibility index (Phi) is 10.6. The van der Waals surface area contributed by atoms with Crippen molar-refractivity contribution < 1.29 is 8.83 Å². The van der Waals surface area contributed by atoms with Crippen LogP contribution < -0.4 is 4.90 Å². The van der Waals surface area contributed by atoms with E-state index in [4.69, 9.17) is 23.8 Å². The van der Waals surface area contributed by atoms with E-state index in [1.165, 1.54) is 139 Å². The molecule has 0 saturated heterocycles. The monoisotopic (exact) mass is 1290 g/mol. The van der Waals surface area contributed by atoms with E-state index in [1.807, 2.05) is 12.1 Å². The molecule has 0 saturated carbocycles. The standard InChI is InChI=1S/C95H60N4O2/c1-92(2)68-36-18-15-33-62(68)83-84-65-35-17-24-42-79(65)101-88(84)85-63-46-44-55(49-74(63)93(3,4)87(85)86(83)92)99(91-97-89(53-25-7-5-8-26-53)96-90(98-91)54-27-9-6-10-28-54)56-43-45-61-66-51-77-67(52-76(66)95(75(61)50-56)71-39-21-13-31-59(71)60-32-14-22-40-72(60)95)81-73(47-48-80-82(81)64-34-16-23-41-78(64)100-80)94(77)69-37-19-11-29-57(69)58-30-12-20-38-70(58)94/h5-52H,1-4H3. The van der Waals surface area contributed by atoms with Gasteiger partial charge in [-0.1, -0.05) is 264 Å². The van der Waals surface area contributed by atoms with Crippen molar-refractivity contribution >= 4 is 61.2 Å². The third-order valence-corrected chi connectivity index (χ3v) is 24.1. The minimum atomic E-state index is -0.782. The quantitative estimate of drug-likeness (QED) is 0.171. The molecule has 23 rings (SSSR count). The molecule has 6 aliphatic carbocycles. The van der Waals surface area contributed by atoms with Crippen LogP contribution >= 0.6 is 0 Å². The molecular weight excluding hydrogens is 1230 g/mol. The van der Waals surface area contributed by atoms with Crippen molar-refractivity contribution in [1.29, 1.82) is 0 Å². The van der Waals surface area contributed by atoms with E-state index >= 15 is 0 Å². The maximum atomic E-state index is 7.24. The average Bonchev–Trinajstić information content (AvgIpc) is 1.19. The number of hydrogen-bond donors (Lipinski definition) is 0. The molecule has 6 nitrogen and oxygen atoms in total. The molecule has 0 amide bonds. The van der Waals surface area contributed by atoms with Gasteiger partial charge in [-0.25, -0.2) is 4.98 Å². The maximum Gasteiger partial charge on any atom is 0.238 e. The Morgan fingerprint density at radius 2 is 0.703 bits per heavy atom. The molecule has 0 aliphatic heterocycles. The normalized spacial score (nSPS) is 15.2. The summed E-state index contributed by atoms with van der Waals surface area (Å²) in [6, 6.07) is 108. The zero-order chi connectivity index (χ0) is 66.6. The van der Waals surface area contributed by atoms with E-state index in [0.717, 1.165) is 61.0 Å². The predicted molar refractivity (Wildman–Crippen MR) is 408 cm³/mol. The first-order valence-corrected chi connectivity index (χ1v) is 35.2. The average molecular weight is 1290 g/mol. The highest BCUT2D eigenvalue weighted by molar-refractivity contribution is 6.21. The van der Waals surface area contributed by atoms with E-state index in [9.17, 15) is 0 Å². The number of fused-ring (bicyclic) bond motifs is 36. The second kappa shape index (κ2) is 19.2. The number of furan rings is 2. The molecule has 2 spiro atoms. The number of hydrogen-bond acceptors (Lipinski definition) is 6. The Balaban J connectivity index is 0.815. The third kappa shape index (κ3) is 6.76. The lowest BCUT2D eigenvalue weighted by Gasteiger charge is -2.33. The van der Waals surface area contributed by atoms with Gasteiger partial charge in [0, 0.05) is 60.4 Å². The van der Waals surface area contributed by atoms with Gasteiger partial charge in [0.1, 0.15) is 22.3 Å². The molecule has 0 N–H and O–H groups in total. The van der Waals surface area contributed by atoms with Crippen LogP contribution in [0, 0.1) is 0 Å². The predicted octanol–water partition coefficient (Wildman–Crippen LogP) is 23.8. The molecule has 17 aromatic rings. The molecule has 472 valence electrons. The Morgan fingerprint density at radius 3 is 1.31 bits per heavy atom. The Labute approximate surface area is 583 Å². The molecule has 0 unspecified atom stereocenters. The van der Waals surface area contributed by atoms with Crippen LogP contribution in [0.25, 0.3) is 133 Å². The van der Waals surface area contributed by atoms with Gasteiger partial charge < -0.3 is 8.83 Å². The van der Waals surface area contributed by atoms with Crippen molar-refractivity contribution in [3.63, 3.8) is 0 Å². The Bertz CT molecular complexity index is 6460. The van der Waals surface area contributed by atoms with Crippen LogP contribution in [0.2, 0.25) is 0 Å². The Hall–Kier alpha value is -12.5. The second-order valence-corrected chi connectivity index (χ2v) is 29.5. The summed E-state index contributed by atoms with van der Waals surface area (Å²) in [6.07, 6.45) is 0. The van der Waals surface area contributed by atoms with Crippen molar-refractivity contribution in [2.24, 2.45) is 0 Å². The molecule has 6 heteroatoms. The molecule has 0 bridgehead atoms. The van der Waals surface area contributed by atoms with Gasteiger partial charge in [0.15, 0.2) is 11.6 Å². The summed E-state index contributed by atoms with van der Waals surface area (Å²) in [5, 5.41) is 4.58. The second-order valence-electron chi connectivity index (χ2n) is 29.5.